The van der Waals surface area contributed by atoms with Crippen molar-refractivity contribution < 1.29 is 9.84 Å². The van der Waals surface area contributed by atoms with E-state index in [1.54, 1.807) is 0 Å². The Morgan fingerprint density at radius 2 is 1.88 bits per heavy atom. The van der Waals surface area contributed by atoms with E-state index in [9.17, 15) is 0 Å². The highest BCUT2D eigenvalue weighted by atomic mass is 16.5. The fraction of sp³-hybridized carbons (Fsp3) is 1.00. The van der Waals surface area contributed by atoms with Crippen LogP contribution in [0, 0.1) is 11.8 Å². The molecule has 1 rings (SSSR count). The molecule has 1 aliphatic rings. The van der Waals surface area contributed by atoms with Crippen LogP contribution in [0.2, 0.25) is 0 Å². The van der Waals surface area contributed by atoms with Gasteiger partial charge in [0.25, 0.3) is 0 Å². The van der Waals surface area contributed by atoms with E-state index in [1.165, 1.54) is 25.7 Å². The van der Waals surface area contributed by atoms with Crippen LogP contribution in [0.4, 0.5) is 0 Å². The van der Waals surface area contributed by atoms with Crippen LogP contribution in [0.5, 0.6) is 0 Å². The number of ether oxygens (including phenoxy) is 1. The van der Waals surface area contributed by atoms with Gasteiger partial charge in [-0.1, -0.05) is 13.8 Å². The second kappa shape index (κ2) is 6.61. The van der Waals surface area contributed by atoms with Crippen LogP contribution in [-0.4, -0.2) is 23.9 Å². The van der Waals surface area contributed by atoms with Crippen molar-refractivity contribution in [1.29, 1.82) is 0 Å². The first-order chi connectivity index (χ1) is 7.57. The molecule has 0 spiro atoms. The maximum atomic E-state index is 8.71. The monoisotopic (exact) mass is 228 g/mol. The van der Waals surface area contributed by atoms with Crippen molar-refractivity contribution in [1.82, 2.24) is 0 Å². The summed E-state index contributed by atoms with van der Waals surface area (Å²) < 4.78 is 5.99. The molecule has 16 heavy (non-hydrogen) atoms. The smallest absolute Gasteiger partial charge is 0.0654 e. The van der Waals surface area contributed by atoms with E-state index in [0.29, 0.717) is 0 Å². The van der Waals surface area contributed by atoms with Crippen molar-refractivity contribution in [3.63, 3.8) is 0 Å². The Hall–Kier alpha value is -0.0800. The lowest BCUT2D eigenvalue weighted by Crippen LogP contribution is -2.35. The Kier molecular flexibility index (Phi) is 5.77. The molecule has 1 saturated carbocycles. The number of hydrogen-bond donors (Lipinski definition) is 1. The first kappa shape index (κ1) is 14.0. The SMILES string of the molecule is CC(C)C1CCC(C)(OCCCCO)CC1. The fourth-order valence-electron chi connectivity index (χ4n) is 2.59. The molecule has 1 N–H and O–H groups in total. The predicted octanol–water partition coefficient (Wildman–Crippen LogP) is 3.38. The summed E-state index contributed by atoms with van der Waals surface area (Å²) >= 11 is 0. The third-order valence-electron chi connectivity index (χ3n) is 4.03. The van der Waals surface area contributed by atoms with Crippen LogP contribution < -0.4 is 0 Å². The number of rotatable bonds is 6. The molecular weight excluding hydrogens is 200 g/mol. The van der Waals surface area contributed by atoms with Crippen LogP contribution >= 0.6 is 0 Å². The molecule has 0 aromatic rings. The van der Waals surface area contributed by atoms with Gasteiger partial charge in [-0.25, -0.2) is 0 Å². The summed E-state index contributed by atoms with van der Waals surface area (Å²) in [5.74, 6) is 1.72. The summed E-state index contributed by atoms with van der Waals surface area (Å²) in [5, 5.41) is 8.71. The van der Waals surface area contributed by atoms with Crippen molar-refractivity contribution in [2.45, 2.75) is 64.9 Å². The Morgan fingerprint density at radius 1 is 1.25 bits per heavy atom. The van der Waals surface area contributed by atoms with Gasteiger partial charge in [-0.15, -0.1) is 0 Å². The average Bonchev–Trinajstić information content (AvgIpc) is 2.25. The van der Waals surface area contributed by atoms with Crippen molar-refractivity contribution in [2.24, 2.45) is 11.8 Å². The Bertz CT molecular complexity index is 181. The maximum Gasteiger partial charge on any atom is 0.0654 e. The topological polar surface area (TPSA) is 29.5 Å². The number of hydrogen-bond acceptors (Lipinski definition) is 2. The van der Waals surface area contributed by atoms with Gasteiger partial charge in [-0.05, 0) is 57.3 Å². The molecule has 2 heteroatoms. The second-order valence-corrected chi connectivity index (χ2v) is 5.81. The highest BCUT2D eigenvalue weighted by molar-refractivity contribution is 4.84. The minimum Gasteiger partial charge on any atom is -0.396 e. The molecule has 0 bridgehead atoms. The van der Waals surface area contributed by atoms with E-state index < -0.39 is 0 Å². The molecule has 0 saturated heterocycles. The van der Waals surface area contributed by atoms with Gasteiger partial charge in [0.2, 0.25) is 0 Å². The third kappa shape index (κ3) is 4.42. The summed E-state index contributed by atoms with van der Waals surface area (Å²) in [6.45, 7) is 8.01. The Balaban J connectivity index is 2.21. The van der Waals surface area contributed by atoms with Crippen LogP contribution in [0.25, 0.3) is 0 Å². The summed E-state index contributed by atoms with van der Waals surface area (Å²) in [7, 11) is 0. The molecule has 1 aliphatic carbocycles. The largest absolute Gasteiger partial charge is 0.396 e. The first-order valence-corrected chi connectivity index (χ1v) is 6.82. The third-order valence-corrected chi connectivity index (χ3v) is 4.03. The van der Waals surface area contributed by atoms with Gasteiger partial charge >= 0.3 is 0 Å². The zero-order valence-corrected chi connectivity index (χ0v) is 11.2. The van der Waals surface area contributed by atoms with Crippen molar-refractivity contribution in [3.05, 3.63) is 0 Å². The second-order valence-electron chi connectivity index (χ2n) is 5.81. The van der Waals surface area contributed by atoms with Crippen LogP contribution in [0.1, 0.15) is 59.3 Å². The van der Waals surface area contributed by atoms with Gasteiger partial charge in [0, 0.05) is 13.2 Å². The van der Waals surface area contributed by atoms with E-state index >= 15 is 0 Å². The molecule has 0 aliphatic heterocycles. The van der Waals surface area contributed by atoms with E-state index in [1.807, 2.05) is 0 Å². The minimum absolute atomic E-state index is 0.112. The van der Waals surface area contributed by atoms with Crippen LogP contribution in [0.15, 0.2) is 0 Å². The summed E-state index contributed by atoms with van der Waals surface area (Å²) in [4.78, 5) is 0. The zero-order valence-electron chi connectivity index (χ0n) is 11.2. The highest BCUT2D eigenvalue weighted by Crippen LogP contribution is 2.37. The molecule has 0 unspecified atom stereocenters. The highest BCUT2D eigenvalue weighted by Gasteiger charge is 2.32. The van der Waals surface area contributed by atoms with Crippen molar-refractivity contribution in [2.75, 3.05) is 13.2 Å². The summed E-state index contributed by atoms with van der Waals surface area (Å²) in [5.41, 5.74) is 0.112. The lowest BCUT2D eigenvalue weighted by atomic mass is 9.75. The first-order valence-electron chi connectivity index (χ1n) is 6.82. The van der Waals surface area contributed by atoms with E-state index in [0.717, 1.165) is 31.3 Å². The fourth-order valence-corrected chi connectivity index (χ4v) is 2.59. The predicted molar refractivity (Wildman–Crippen MR) is 67.5 cm³/mol. The molecular formula is C14H28O2. The van der Waals surface area contributed by atoms with Crippen LogP contribution in [-0.2, 0) is 4.74 Å². The van der Waals surface area contributed by atoms with Gasteiger partial charge in [0.1, 0.15) is 0 Å². The number of aliphatic hydroxyl groups is 1. The van der Waals surface area contributed by atoms with E-state index in [-0.39, 0.29) is 12.2 Å². The summed E-state index contributed by atoms with van der Waals surface area (Å²) in [6, 6.07) is 0. The van der Waals surface area contributed by atoms with Gasteiger partial charge in [-0.2, -0.15) is 0 Å². The zero-order chi connectivity index (χ0) is 12.0. The molecule has 1 fully saturated rings. The standard InChI is InChI=1S/C14H28O2/c1-12(2)13-6-8-14(3,9-7-13)16-11-5-4-10-15/h12-13,15H,4-11H2,1-3H3. The average molecular weight is 228 g/mol. The molecule has 0 heterocycles. The number of unbranched alkanes of at least 4 members (excludes halogenated alkanes) is 1. The van der Waals surface area contributed by atoms with Crippen molar-refractivity contribution >= 4 is 0 Å². The van der Waals surface area contributed by atoms with Crippen LogP contribution in [0.3, 0.4) is 0 Å². The van der Waals surface area contributed by atoms with E-state index in [2.05, 4.69) is 20.8 Å². The van der Waals surface area contributed by atoms with Gasteiger partial charge < -0.3 is 9.84 Å². The van der Waals surface area contributed by atoms with Gasteiger partial charge in [0.15, 0.2) is 0 Å². The maximum absolute atomic E-state index is 8.71. The Morgan fingerprint density at radius 3 is 2.38 bits per heavy atom. The lowest BCUT2D eigenvalue weighted by Gasteiger charge is -2.38. The van der Waals surface area contributed by atoms with Crippen molar-refractivity contribution in [3.8, 4) is 0 Å². The molecule has 0 aromatic carbocycles. The molecule has 0 aromatic heterocycles. The Labute approximate surface area is 100 Å². The molecule has 0 radical (unpaired) electrons. The molecule has 2 nitrogen and oxygen atoms in total. The van der Waals surface area contributed by atoms with Gasteiger partial charge in [-0.3, -0.25) is 0 Å². The quantitative estimate of drug-likeness (QED) is 0.706. The normalized spacial score (nSPS) is 30.9. The summed E-state index contributed by atoms with van der Waals surface area (Å²) in [6.07, 6.45) is 6.89. The van der Waals surface area contributed by atoms with Gasteiger partial charge in [0.05, 0.1) is 5.60 Å². The molecule has 96 valence electrons. The molecule has 0 amide bonds. The molecule has 0 atom stereocenters. The number of aliphatic hydroxyl groups excluding tert-OH is 1. The van der Waals surface area contributed by atoms with E-state index in [4.69, 9.17) is 9.84 Å². The minimum atomic E-state index is 0.112. The lowest BCUT2D eigenvalue weighted by molar-refractivity contribution is -0.0695.